The summed E-state index contributed by atoms with van der Waals surface area (Å²) in [6.45, 7) is 10.8. The summed E-state index contributed by atoms with van der Waals surface area (Å²) in [6, 6.07) is 29.8. The summed E-state index contributed by atoms with van der Waals surface area (Å²) in [4.78, 5) is 4.64. The van der Waals surface area contributed by atoms with Gasteiger partial charge in [-0.05, 0) is 65.1 Å². The normalized spacial score (nSPS) is 14.3. The van der Waals surface area contributed by atoms with Gasteiger partial charge in [-0.3, -0.25) is 4.98 Å². The van der Waals surface area contributed by atoms with Crippen LogP contribution < -0.4 is 5.32 Å². The smallest absolute Gasteiger partial charge is 0.0708 e. The fourth-order valence-corrected chi connectivity index (χ4v) is 5.11. The Kier molecular flexibility index (Phi) is 5.96. The van der Waals surface area contributed by atoms with Crippen molar-refractivity contribution in [3.8, 4) is 22.4 Å². The van der Waals surface area contributed by atoms with E-state index >= 15 is 0 Å². The lowest BCUT2D eigenvalue weighted by Crippen LogP contribution is -2.15. The quantitative estimate of drug-likeness (QED) is 0.295. The molecule has 1 aliphatic carbocycles. The molecule has 0 saturated carbocycles. The van der Waals surface area contributed by atoms with Crippen LogP contribution in [0.15, 0.2) is 122 Å². The maximum atomic E-state index is 4.64. The molecule has 0 atom stereocenters. The zero-order valence-corrected chi connectivity index (χ0v) is 20.5. The van der Waals surface area contributed by atoms with E-state index in [0.717, 1.165) is 28.2 Å². The maximum Gasteiger partial charge on any atom is 0.0708 e. The summed E-state index contributed by atoms with van der Waals surface area (Å²) in [6.07, 6.45) is 7.95. The summed E-state index contributed by atoms with van der Waals surface area (Å²) >= 11 is 0. The Morgan fingerprint density at radius 3 is 2.37 bits per heavy atom. The third-order valence-electron chi connectivity index (χ3n) is 6.83. The van der Waals surface area contributed by atoms with Gasteiger partial charge < -0.3 is 5.32 Å². The third kappa shape index (κ3) is 4.02. The second kappa shape index (κ2) is 9.23. The number of allylic oxidation sites excluding steroid dienone is 4. The zero-order valence-electron chi connectivity index (χ0n) is 20.5. The first kappa shape index (κ1) is 22.6. The summed E-state index contributed by atoms with van der Waals surface area (Å²) in [5, 5.41) is 3.65. The number of hydrogen-bond acceptors (Lipinski definition) is 2. The number of rotatable bonds is 6. The number of benzene rings is 3. The highest BCUT2D eigenvalue weighted by Crippen LogP contribution is 2.52. The lowest BCUT2D eigenvalue weighted by molar-refractivity contribution is 0.660. The van der Waals surface area contributed by atoms with Crippen LogP contribution in [0, 0.1) is 0 Å². The minimum absolute atomic E-state index is 0.114. The van der Waals surface area contributed by atoms with Crippen LogP contribution in [0.2, 0.25) is 0 Å². The van der Waals surface area contributed by atoms with Gasteiger partial charge in [-0.15, -0.1) is 0 Å². The topological polar surface area (TPSA) is 24.9 Å². The molecule has 1 aliphatic rings. The van der Waals surface area contributed by atoms with Crippen molar-refractivity contribution in [1.29, 1.82) is 0 Å². The molecule has 5 rings (SSSR count). The van der Waals surface area contributed by atoms with Crippen molar-refractivity contribution in [3.05, 3.63) is 138 Å². The van der Waals surface area contributed by atoms with Crippen LogP contribution in [0.1, 0.15) is 37.5 Å². The Bertz CT molecular complexity index is 1440. The molecule has 1 N–H and O–H groups in total. The fourth-order valence-electron chi connectivity index (χ4n) is 5.11. The predicted molar refractivity (Wildman–Crippen MR) is 149 cm³/mol. The molecule has 0 bridgehead atoms. The minimum atomic E-state index is -0.114. The van der Waals surface area contributed by atoms with Crippen LogP contribution in [0.4, 0.5) is 5.69 Å². The van der Waals surface area contributed by atoms with Crippen molar-refractivity contribution in [3.63, 3.8) is 0 Å². The van der Waals surface area contributed by atoms with Crippen molar-refractivity contribution < 1.29 is 0 Å². The Balaban J connectivity index is 1.61. The molecular formula is C33H30N2. The summed E-state index contributed by atoms with van der Waals surface area (Å²) in [5.41, 5.74) is 11.6. The highest BCUT2D eigenvalue weighted by Gasteiger charge is 2.37. The maximum absolute atomic E-state index is 4.64. The molecular weight excluding hydrogens is 424 g/mol. The van der Waals surface area contributed by atoms with Crippen LogP contribution in [-0.2, 0) is 5.41 Å². The highest BCUT2D eigenvalue weighted by molar-refractivity contribution is 5.92. The number of aromatic nitrogens is 1. The summed E-state index contributed by atoms with van der Waals surface area (Å²) in [5.74, 6) is 0. The summed E-state index contributed by atoms with van der Waals surface area (Å²) < 4.78 is 0. The zero-order chi connectivity index (χ0) is 24.4. The number of anilines is 1. The molecule has 0 radical (unpaired) electrons. The Labute approximate surface area is 208 Å². The molecule has 1 aromatic heterocycles. The fraction of sp³-hybridized carbons (Fsp3) is 0.121. The van der Waals surface area contributed by atoms with E-state index in [1.807, 2.05) is 37.4 Å². The van der Waals surface area contributed by atoms with Gasteiger partial charge in [0, 0.05) is 34.1 Å². The average Bonchev–Trinajstić information content (AvgIpc) is 3.13. The largest absolute Gasteiger partial charge is 0.355 e. The van der Waals surface area contributed by atoms with E-state index in [9.17, 15) is 0 Å². The van der Waals surface area contributed by atoms with Crippen molar-refractivity contribution in [2.75, 3.05) is 5.32 Å². The molecule has 35 heavy (non-hydrogen) atoms. The molecule has 0 fully saturated rings. The monoisotopic (exact) mass is 454 g/mol. The predicted octanol–water partition coefficient (Wildman–Crippen LogP) is 8.64. The van der Waals surface area contributed by atoms with E-state index < -0.39 is 0 Å². The van der Waals surface area contributed by atoms with E-state index in [0.29, 0.717) is 0 Å². The first-order valence-electron chi connectivity index (χ1n) is 12.1. The van der Waals surface area contributed by atoms with Crippen LogP contribution in [-0.4, -0.2) is 4.98 Å². The van der Waals surface area contributed by atoms with Gasteiger partial charge in [0.15, 0.2) is 0 Å². The average molecular weight is 455 g/mol. The van der Waals surface area contributed by atoms with Crippen LogP contribution >= 0.6 is 0 Å². The first-order chi connectivity index (χ1) is 17.0. The van der Waals surface area contributed by atoms with E-state index in [-0.39, 0.29) is 5.41 Å². The van der Waals surface area contributed by atoms with Gasteiger partial charge in [-0.2, -0.15) is 0 Å². The van der Waals surface area contributed by atoms with Crippen LogP contribution in [0.5, 0.6) is 0 Å². The van der Waals surface area contributed by atoms with Crippen molar-refractivity contribution >= 4 is 11.3 Å². The standard InChI is InChI=1S/C33H30N2/c1-5-13-25(23-14-8-7-9-15-23)30(6-2)35-24-19-20-26-29(22-24)33(3,4)28-17-12-16-27(32(26)28)31-18-10-11-21-34-31/h5-22,35H,2H2,1,3-4H3/b13-5-,30-25-. The van der Waals surface area contributed by atoms with Gasteiger partial charge in [0.25, 0.3) is 0 Å². The van der Waals surface area contributed by atoms with E-state index in [2.05, 4.69) is 110 Å². The van der Waals surface area contributed by atoms with Gasteiger partial charge in [0.2, 0.25) is 0 Å². The number of pyridine rings is 1. The van der Waals surface area contributed by atoms with Crippen LogP contribution in [0.3, 0.4) is 0 Å². The number of hydrogen-bond donors (Lipinski definition) is 1. The second-order valence-corrected chi connectivity index (χ2v) is 9.35. The van der Waals surface area contributed by atoms with Gasteiger partial charge in [-0.1, -0.05) is 93.2 Å². The van der Waals surface area contributed by atoms with Gasteiger partial charge in [0.05, 0.1) is 5.69 Å². The molecule has 0 saturated heterocycles. The molecule has 172 valence electrons. The lowest BCUT2D eigenvalue weighted by Gasteiger charge is -2.22. The molecule has 0 aliphatic heterocycles. The van der Waals surface area contributed by atoms with Crippen molar-refractivity contribution in [1.82, 2.24) is 4.98 Å². The molecule has 0 unspecified atom stereocenters. The van der Waals surface area contributed by atoms with E-state index in [1.165, 1.54) is 27.8 Å². The SMILES string of the molecule is C=C/C(Nc1ccc2c(c1)C(C)(C)c1cccc(-c3ccccn3)c1-2)=C(\C=C/C)c1ccccc1. The van der Waals surface area contributed by atoms with Crippen LogP contribution in [0.25, 0.3) is 28.0 Å². The number of fused-ring (bicyclic) bond motifs is 3. The van der Waals surface area contributed by atoms with E-state index in [1.54, 1.807) is 0 Å². The Morgan fingerprint density at radius 1 is 0.857 bits per heavy atom. The molecule has 0 spiro atoms. The first-order valence-corrected chi connectivity index (χ1v) is 12.1. The summed E-state index contributed by atoms with van der Waals surface area (Å²) in [7, 11) is 0. The minimum Gasteiger partial charge on any atom is -0.355 e. The molecule has 3 aromatic carbocycles. The van der Waals surface area contributed by atoms with Crippen molar-refractivity contribution in [2.24, 2.45) is 0 Å². The van der Waals surface area contributed by atoms with E-state index in [4.69, 9.17) is 0 Å². The second-order valence-electron chi connectivity index (χ2n) is 9.35. The molecule has 2 nitrogen and oxygen atoms in total. The third-order valence-corrected chi connectivity index (χ3v) is 6.83. The highest BCUT2D eigenvalue weighted by atomic mass is 14.9. The van der Waals surface area contributed by atoms with Gasteiger partial charge in [0.1, 0.15) is 0 Å². The Morgan fingerprint density at radius 2 is 1.66 bits per heavy atom. The molecule has 0 amide bonds. The number of nitrogens with zero attached hydrogens (tertiary/aromatic N) is 1. The van der Waals surface area contributed by atoms with Gasteiger partial charge in [-0.25, -0.2) is 0 Å². The molecule has 4 aromatic rings. The lowest BCUT2D eigenvalue weighted by atomic mass is 9.82. The number of nitrogens with one attached hydrogen (secondary N) is 1. The van der Waals surface area contributed by atoms with Gasteiger partial charge >= 0.3 is 0 Å². The van der Waals surface area contributed by atoms with Crippen molar-refractivity contribution in [2.45, 2.75) is 26.2 Å². The Hall–Kier alpha value is -4.17. The molecule has 1 heterocycles. The molecule has 2 heteroatoms.